The van der Waals surface area contributed by atoms with E-state index in [2.05, 4.69) is 34.6 Å². The number of anilines is 1. The van der Waals surface area contributed by atoms with Crippen molar-refractivity contribution in [2.45, 2.75) is 51.4 Å². The molecule has 0 fully saturated rings. The van der Waals surface area contributed by atoms with Crippen LogP contribution in [0.1, 0.15) is 71.1 Å². The molecule has 3 atom stereocenters. The van der Waals surface area contributed by atoms with Crippen LogP contribution in [0.15, 0.2) is 102 Å². The average molecular weight is 628 g/mol. The van der Waals surface area contributed by atoms with Crippen molar-refractivity contribution in [3.8, 4) is 11.1 Å². The molecule has 0 amide bonds. The molecular weight excluding hydrogens is 590 g/mol. The number of para-hydroxylation sites is 2. The monoisotopic (exact) mass is 627 g/mol. The highest BCUT2D eigenvalue weighted by atomic mass is 16.6. The Morgan fingerprint density at radius 2 is 1.77 bits per heavy atom. The standard InChI is InChI=1S/C30H29NO5.C9H8N2/c1-3-36-30(33)18(2)22-9-6-10-25-24(22)15-16-26-23-8-5-4-7-20(23)17-27(28(25)26)29(32)19-11-13-21(14-12-19)31(34)35;1-2-5-9-8(4-1)10-6-3-7-11-9/h4-5,7-8,11-16,18,22,27H,3,6,9-10,17H2,1-2H3;1-7,10H. The summed E-state index contributed by atoms with van der Waals surface area (Å²) < 4.78 is 5.33. The van der Waals surface area contributed by atoms with Crippen LogP contribution >= 0.6 is 0 Å². The largest absolute Gasteiger partial charge is 0.466 e. The number of allylic oxidation sites excluding steroid dienone is 1. The van der Waals surface area contributed by atoms with Crippen LogP contribution in [0.5, 0.6) is 0 Å². The van der Waals surface area contributed by atoms with Gasteiger partial charge in [0.1, 0.15) is 0 Å². The smallest absolute Gasteiger partial charge is 0.309 e. The van der Waals surface area contributed by atoms with Crippen LogP contribution in [0.25, 0.3) is 11.1 Å². The fraction of sp³-hybridized carbons (Fsp3) is 0.256. The van der Waals surface area contributed by atoms with Crippen molar-refractivity contribution in [2.24, 2.45) is 10.9 Å². The number of fused-ring (bicyclic) bond motifs is 6. The average Bonchev–Trinajstić information content (AvgIpc) is 3.36. The first-order valence-electron chi connectivity index (χ1n) is 16.1. The number of non-ortho nitro benzene ring substituents is 1. The third kappa shape index (κ3) is 6.49. The number of ketones is 1. The number of hydrogen-bond donors (Lipinski definition) is 1. The maximum absolute atomic E-state index is 13.9. The van der Waals surface area contributed by atoms with Gasteiger partial charge in [-0.1, -0.05) is 55.5 Å². The third-order valence-electron chi connectivity index (χ3n) is 9.29. The summed E-state index contributed by atoms with van der Waals surface area (Å²) in [7, 11) is 0. The first-order chi connectivity index (χ1) is 22.9. The number of nitrogens with zero attached hydrogens (tertiary/aromatic N) is 2. The number of ether oxygens (including phenoxy) is 1. The molecule has 2 aliphatic carbocycles. The summed E-state index contributed by atoms with van der Waals surface area (Å²) in [5, 5.41) is 14.2. The summed E-state index contributed by atoms with van der Waals surface area (Å²) in [5.74, 6) is -0.818. The van der Waals surface area contributed by atoms with E-state index in [1.54, 1.807) is 18.3 Å². The summed E-state index contributed by atoms with van der Waals surface area (Å²) in [4.78, 5) is 41.4. The minimum absolute atomic E-state index is 0.0328. The molecule has 4 aromatic rings. The van der Waals surface area contributed by atoms with Crippen molar-refractivity contribution < 1.29 is 19.2 Å². The number of carbonyl (C=O) groups excluding carboxylic acids is 2. The van der Waals surface area contributed by atoms with Gasteiger partial charge in [0.25, 0.3) is 5.69 Å². The zero-order chi connectivity index (χ0) is 32.9. The third-order valence-corrected chi connectivity index (χ3v) is 9.29. The molecule has 7 rings (SSSR count). The molecule has 8 heteroatoms. The van der Waals surface area contributed by atoms with Crippen molar-refractivity contribution in [3.63, 3.8) is 0 Å². The van der Waals surface area contributed by atoms with E-state index in [-0.39, 0.29) is 35.2 Å². The number of nitrogens with one attached hydrogen (secondary N) is 1. The molecule has 4 aromatic carbocycles. The van der Waals surface area contributed by atoms with Gasteiger partial charge in [0.15, 0.2) is 5.78 Å². The summed E-state index contributed by atoms with van der Waals surface area (Å²) in [6.07, 6.45) is 8.81. The Morgan fingerprint density at radius 3 is 2.55 bits per heavy atom. The van der Waals surface area contributed by atoms with E-state index in [4.69, 9.17) is 4.74 Å². The number of rotatable bonds is 6. The van der Waals surface area contributed by atoms with Crippen molar-refractivity contribution in [1.29, 1.82) is 0 Å². The molecule has 0 bridgehead atoms. The summed E-state index contributed by atoms with van der Waals surface area (Å²) in [5.41, 5.74) is 9.18. The molecule has 1 aliphatic heterocycles. The molecule has 0 radical (unpaired) electrons. The normalized spacial score (nSPS) is 17.6. The fourth-order valence-electron chi connectivity index (χ4n) is 7.02. The predicted molar refractivity (Wildman–Crippen MR) is 185 cm³/mol. The Kier molecular flexibility index (Phi) is 9.38. The molecule has 3 unspecified atom stereocenters. The van der Waals surface area contributed by atoms with E-state index in [0.717, 1.165) is 58.5 Å². The van der Waals surface area contributed by atoms with Gasteiger partial charge in [-0.15, -0.1) is 0 Å². The minimum Gasteiger partial charge on any atom is -0.466 e. The quantitative estimate of drug-likeness (QED) is 0.0991. The van der Waals surface area contributed by atoms with Gasteiger partial charge in [0, 0.05) is 30.1 Å². The number of Topliss-reactive ketones (excluding diaryl/α,β-unsaturated/α-hetero) is 1. The Hall–Kier alpha value is -5.37. The van der Waals surface area contributed by atoms with Crippen LogP contribution in [-0.2, 0) is 22.4 Å². The summed E-state index contributed by atoms with van der Waals surface area (Å²) in [6.45, 7) is 4.11. The maximum atomic E-state index is 13.9. The van der Waals surface area contributed by atoms with E-state index in [0.29, 0.717) is 18.6 Å². The highest BCUT2D eigenvalue weighted by Gasteiger charge is 2.37. The van der Waals surface area contributed by atoms with Gasteiger partial charge in [-0.05, 0) is 102 Å². The lowest BCUT2D eigenvalue weighted by molar-refractivity contribution is -0.384. The van der Waals surface area contributed by atoms with Crippen molar-refractivity contribution in [3.05, 3.63) is 135 Å². The van der Waals surface area contributed by atoms with Gasteiger partial charge in [-0.2, -0.15) is 0 Å². The van der Waals surface area contributed by atoms with Crippen LogP contribution in [0.2, 0.25) is 0 Å². The van der Waals surface area contributed by atoms with Gasteiger partial charge in [-0.25, -0.2) is 0 Å². The summed E-state index contributed by atoms with van der Waals surface area (Å²) in [6, 6.07) is 26.3. The lowest BCUT2D eigenvalue weighted by atomic mass is 9.68. The zero-order valence-corrected chi connectivity index (χ0v) is 26.5. The van der Waals surface area contributed by atoms with Crippen LogP contribution in [0.4, 0.5) is 17.1 Å². The highest BCUT2D eigenvalue weighted by molar-refractivity contribution is 6.03. The second kappa shape index (κ2) is 14.0. The van der Waals surface area contributed by atoms with Crippen LogP contribution < -0.4 is 5.32 Å². The highest BCUT2D eigenvalue weighted by Crippen LogP contribution is 2.48. The zero-order valence-electron chi connectivity index (χ0n) is 26.5. The van der Waals surface area contributed by atoms with Gasteiger partial charge in [-0.3, -0.25) is 24.7 Å². The fourth-order valence-corrected chi connectivity index (χ4v) is 7.02. The number of nitro benzene ring substituents is 1. The Balaban J connectivity index is 0.000000295. The molecule has 0 saturated carbocycles. The molecular formula is C39H37N3O5. The number of carbonyl (C=O) groups is 2. The number of esters is 1. The van der Waals surface area contributed by atoms with E-state index < -0.39 is 4.92 Å². The first kappa shape index (κ1) is 31.6. The maximum Gasteiger partial charge on any atom is 0.309 e. The number of nitro groups is 1. The Bertz CT molecular complexity index is 1880. The summed E-state index contributed by atoms with van der Waals surface area (Å²) >= 11 is 0. The number of benzene rings is 4. The molecule has 0 saturated heterocycles. The van der Waals surface area contributed by atoms with Gasteiger partial charge in [0.05, 0.1) is 34.7 Å². The van der Waals surface area contributed by atoms with Crippen LogP contribution in [-0.4, -0.2) is 29.5 Å². The Morgan fingerprint density at radius 1 is 1.00 bits per heavy atom. The lowest BCUT2D eigenvalue weighted by Gasteiger charge is -2.36. The predicted octanol–water partition coefficient (Wildman–Crippen LogP) is 8.73. The van der Waals surface area contributed by atoms with E-state index in [9.17, 15) is 19.7 Å². The molecule has 0 spiro atoms. The van der Waals surface area contributed by atoms with Gasteiger partial charge < -0.3 is 10.1 Å². The molecule has 47 heavy (non-hydrogen) atoms. The molecule has 8 nitrogen and oxygen atoms in total. The number of hydrogen-bond acceptors (Lipinski definition) is 7. The van der Waals surface area contributed by atoms with Crippen molar-refractivity contribution >= 4 is 35.0 Å². The lowest BCUT2D eigenvalue weighted by Crippen LogP contribution is -2.28. The van der Waals surface area contributed by atoms with Crippen molar-refractivity contribution in [1.82, 2.24) is 0 Å². The van der Waals surface area contributed by atoms with Gasteiger partial charge in [0.2, 0.25) is 0 Å². The molecule has 0 aromatic heterocycles. The molecule has 238 valence electrons. The van der Waals surface area contributed by atoms with E-state index >= 15 is 0 Å². The van der Waals surface area contributed by atoms with E-state index in [1.165, 1.54) is 17.7 Å². The van der Waals surface area contributed by atoms with Crippen LogP contribution in [0, 0.1) is 16.0 Å². The second-order valence-electron chi connectivity index (χ2n) is 12.0. The van der Waals surface area contributed by atoms with Crippen LogP contribution in [0.3, 0.4) is 0 Å². The molecule has 1 N–H and O–H groups in total. The SMILES string of the molecule is C1=CNc2ccccc2N=C1.CCOC(=O)C(C)C1CCCc2c1ccc1c2C(C(=O)c2ccc([N+](=O)[O-])cc2)Cc2ccccc2-1. The second-order valence-corrected chi connectivity index (χ2v) is 12.0. The molecule has 1 heterocycles. The first-order valence-corrected chi connectivity index (χ1v) is 16.1. The topological polar surface area (TPSA) is 111 Å². The van der Waals surface area contributed by atoms with Gasteiger partial charge >= 0.3 is 5.97 Å². The van der Waals surface area contributed by atoms with E-state index in [1.807, 2.05) is 62.5 Å². The number of aliphatic imine (C=N–C) groups is 1. The minimum atomic E-state index is -0.457. The molecule has 3 aliphatic rings. The van der Waals surface area contributed by atoms with Crippen molar-refractivity contribution in [2.75, 3.05) is 11.9 Å². The Labute approximate surface area is 274 Å².